The van der Waals surface area contributed by atoms with E-state index < -0.39 is 0 Å². The zero-order valence-corrected chi connectivity index (χ0v) is 13.6. The number of carbonyl (C=O) groups is 1. The highest BCUT2D eigenvalue weighted by Crippen LogP contribution is 2.22. The van der Waals surface area contributed by atoms with E-state index in [9.17, 15) is 4.79 Å². The van der Waals surface area contributed by atoms with E-state index in [0.717, 1.165) is 11.3 Å². The normalized spacial score (nSPS) is 10.6. The molecule has 116 valence electrons. The van der Waals surface area contributed by atoms with Gasteiger partial charge in [-0.15, -0.1) is 0 Å². The van der Waals surface area contributed by atoms with Crippen LogP contribution in [0.5, 0.6) is 5.75 Å². The van der Waals surface area contributed by atoms with Crippen molar-refractivity contribution in [2.24, 2.45) is 5.92 Å². The van der Waals surface area contributed by atoms with Gasteiger partial charge in [0.05, 0.1) is 12.2 Å². The lowest BCUT2D eigenvalue weighted by molar-refractivity contribution is 0.102. The molecule has 0 aliphatic carbocycles. The Balaban J connectivity index is 2.18. The van der Waals surface area contributed by atoms with Crippen LogP contribution in [0, 0.1) is 19.8 Å². The minimum Gasteiger partial charge on any atom is -0.492 e. The number of anilines is 1. The van der Waals surface area contributed by atoms with E-state index in [0.29, 0.717) is 23.8 Å². The van der Waals surface area contributed by atoms with Crippen molar-refractivity contribution in [2.45, 2.75) is 27.7 Å². The summed E-state index contributed by atoms with van der Waals surface area (Å²) in [4.78, 5) is 12.5. The summed E-state index contributed by atoms with van der Waals surface area (Å²) < 4.78 is 5.75. The van der Waals surface area contributed by atoms with Gasteiger partial charge < -0.3 is 10.1 Å². The van der Waals surface area contributed by atoms with E-state index in [4.69, 9.17) is 4.74 Å². The smallest absolute Gasteiger partial charge is 0.259 e. The maximum Gasteiger partial charge on any atom is 0.259 e. The predicted octanol–water partition coefficient (Wildman–Crippen LogP) is 4.59. The SMILES string of the molecule is Cc1ccc(NC(=O)c2ccccc2OCC(C)C)c(C)c1. The van der Waals surface area contributed by atoms with Gasteiger partial charge in [0.2, 0.25) is 0 Å². The first-order valence-electron chi connectivity index (χ1n) is 7.58. The molecule has 22 heavy (non-hydrogen) atoms. The molecule has 3 nitrogen and oxygen atoms in total. The first kappa shape index (κ1) is 16.1. The third-order valence-electron chi connectivity index (χ3n) is 3.33. The van der Waals surface area contributed by atoms with E-state index in [2.05, 4.69) is 25.2 Å². The van der Waals surface area contributed by atoms with Gasteiger partial charge in [-0.1, -0.05) is 43.7 Å². The second kappa shape index (κ2) is 7.12. The fraction of sp³-hybridized carbons (Fsp3) is 0.316. The van der Waals surface area contributed by atoms with Crippen LogP contribution >= 0.6 is 0 Å². The molecule has 0 aliphatic heterocycles. The average molecular weight is 297 g/mol. The molecule has 1 N–H and O–H groups in total. The number of hydrogen-bond donors (Lipinski definition) is 1. The van der Waals surface area contributed by atoms with Crippen LogP contribution < -0.4 is 10.1 Å². The van der Waals surface area contributed by atoms with Crippen molar-refractivity contribution in [1.29, 1.82) is 0 Å². The fourth-order valence-electron chi connectivity index (χ4n) is 2.18. The van der Waals surface area contributed by atoms with Gasteiger partial charge in [-0.3, -0.25) is 4.79 Å². The van der Waals surface area contributed by atoms with Crippen LogP contribution in [0.2, 0.25) is 0 Å². The topological polar surface area (TPSA) is 38.3 Å². The molecule has 0 radical (unpaired) electrons. The molecule has 0 aliphatic rings. The number of benzene rings is 2. The molecule has 0 bridgehead atoms. The number of carbonyl (C=O) groups excluding carboxylic acids is 1. The highest BCUT2D eigenvalue weighted by atomic mass is 16.5. The molecule has 1 amide bonds. The van der Waals surface area contributed by atoms with Crippen molar-refractivity contribution in [1.82, 2.24) is 0 Å². The third kappa shape index (κ3) is 4.10. The molecule has 0 saturated carbocycles. The lowest BCUT2D eigenvalue weighted by atomic mass is 10.1. The molecule has 2 aromatic carbocycles. The van der Waals surface area contributed by atoms with Crippen molar-refractivity contribution in [3.05, 3.63) is 59.2 Å². The molecule has 0 heterocycles. The van der Waals surface area contributed by atoms with E-state index in [1.807, 2.05) is 44.2 Å². The molecule has 0 atom stereocenters. The van der Waals surface area contributed by atoms with Crippen LogP contribution in [0.15, 0.2) is 42.5 Å². The average Bonchev–Trinajstić information content (AvgIpc) is 2.48. The first-order chi connectivity index (χ1) is 10.5. The quantitative estimate of drug-likeness (QED) is 0.876. The summed E-state index contributed by atoms with van der Waals surface area (Å²) in [7, 11) is 0. The Morgan fingerprint density at radius 1 is 1.14 bits per heavy atom. The standard InChI is InChI=1S/C19H23NO2/c1-13(2)12-22-18-8-6-5-7-16(18)19(21)20-17-10-9-14(3)11-15(17)4/h5-11,13H,12H2,1-4H3,(H,20,21). The molecular formula is C19H23NO2. The van der Waals surface area contributed by atoms with Gasteiger partial charge >= 0.3 is 0 Å². The molecule has 0 saturated heterocycles. The number of aryl methyl sites for hydroxylation is 2. The molecule has 3 heteroatoms. The maximum atomic E-state index is 12.5. The second-order valence-electron chi connectivity index (χ2n) is 5.97. The second-order valence-corrected chi connectivity index (χ2v) is 5.97. The summed E-state index contributed by atoms with van der Waals surface area (Å²) in [5, 5.41) is 2.96. The van der Waals surface area contributed by atoms with E-state index in [1.165, 1.54) is 5.56 Å². The predicted molar refractivity (Wildman–Crippen MR) is 90.6 cm³/mol. The van der Waals surface area contributed by atoms with Gasteiger partial charge in [-0.25, -0.2) is 0 Å². The lowest BCUT2D eigenvalue weighted by Crippen LogP contribution is -2.15. The van der Waals surface area contributed by atoms with Crippen molar-refractivity contribution in [3.63, 3.8) is 0 Å². The Labute approximate surface area is 132 Å². The Hall–Kier alpha value is -2.29. The van der Waals surface area contributed by atoms with E-state index >= 15 is 0 Å². The highest BCUT2D eigenvalue weighted by Gasteiger charge is 2.13. The van der Waals surface area contributed by atoms with Gasteiger partial charge in [-0.05, 0) is 43.5 Å². The van der Waals surface area contributed by atoms with Crippen LogP contribution in [0.1, 0.15) is 35.3 Å². The number of nitrogens with one attached hydrogen (secondary N) is 1. The van der Waals surface area contributed by atoms with E-state index in [-0.39, 0.29) is 5.91 Å². The summed E-state index contributed by atoms with van der Waals surface area (Å²) in [6, 6.07) is 13.3. The van der Waals surface area contributed by atoms with Gasteiger partial charge in [0.25, 0.3) is 5.91 Å². The third-order valence-corrected chi connectivity index (χ3v) is 3.33. The molecule has 2 rings (SSSR count). The lowest BCUT2D eigenvalue weighted by Gasteiger charge is -2.14. The Kier molecular flexibility index (Phi) is 5.21. The number of para-hydroxylation sites is 1. The number of rotatable bonds is 5. The van der Waals surface area contributed by atoms with Gasteiger partial charge in [0.1, 0.15) is 5.75 Å². The Bertz CT molecular complexity index is 662. The minimum atomic E-state index is -0.147. The largest absolute Gasteiger partial charge is 0.492 e. The van der Waals surface area contributed by atoms with Crippen molar-refractivity contribution in [3.8, 4) is 5.75 Å². The van der Waals surface area contributed by atoms with Crippen molar-refractivity contribution < 1.29 is 9.53 Å². The summed E-state index contributed by atoms with van der Waals surface area (Å²) in [5.41, 5.74) is 3.61. The molecular weight excluding hydrogens is 274 g/mol. The zero-order valence-electron chi connectivity index (χ0n) is 13.6. The number of hydrogen-bond acceptors (Lipinski definition) is 2. The van der Waals surface area contributed by atoms with Crippen molar-refractivity contribution in [2.75, 3.05) is 11.9 Å². The van der Waals surface area contributed by atoms with Crippen LogP contribution in [-0.4, -0.2) is 12.5 Å². The summed E-state index contributed by atoms with van der Waals surface area (Å²) in [5.74, 6) is 0.889. The monoisotopic (exact) mass is 297 g/mol. The number of amides is 1. The molecule has 0 spiro atoms. The van der Waals surface area contributed by atoms with Crippen molar-refractivity contribution >= 4 is 11.6 Å². The van der Waals surface area contributed by atoms with Gasteiger partial charge in [-0.2, -0.15) is 0 Å². The highest BCUT2D eigenvalue weighted by molar-refractivity contribution is 6.06. The van der Waals surface area contributed by atoms with E-state index in [1.54, 1.807) is 6.07 Å². The maximum absolute atomic E-state index is 12.5. The Morgan fingerprint density at radius 2 is 1.86 bits per heavy atom. The van der Waals surface area contributed by atoms with Gasteiger partial charge in [0, 0.05) is 5.69 Å². The van der Waals surface area contributed by atoms with Gasteiger partial charge in [0.15, 0.2) is 0 Å². The Morgan fingerprint density at radius 3 is 2.55 bits per heavy atom. The first-order valence-corrected chi connectivity index (χ1v) is 7.58. The number of ether oxygens (including phenoxy) is 1. The molecule has 0 aromatic heterocycles. The van der Waals surface area contributed by atoms with Crippen LogP contribution in [0.4, 0.5) is 5.69 Å². The molecule has 0 fully saturated rings. The van der Waals surface area contributed by atoms with Crippen LogP contribution in [-0.2, 0) is 0 Å². The molecule has 2 aromatic rings. The zero-order chi connectivity index (χ0) is 16.1. The fourth-order valence-corrected chi connectivity index (χ4v) is 2.18. The van der Waals surface area contributed by atoms with Crippen LogP contribution in [0.25, 0.3) is 0 Å². The summed E-state index contributed by atoms with van der Waals surface area (Å²) in [6.45, 7) is 8.78. The minimum absolute atomic E-state index is 0.147. The molecule has 0 unspecified atom stereocenters. The summed E-state index contributed by atoms with van der Waals surface area (Å²) >= 11 is 0. The summed E-state index contributed by atoms with van der Waals surface area (Å²) in [6.07, 6.45) is 0. The van der Waals surface area contributed by atoms with Crippen LogP contribution in [0.3, 0.4) is 0 Å².